The number of hydrogen-bond donors (Lipinski definition) is 1. The van der Waals surface area contributed by atoms with E-state index in [2.05, 4.69) is 25.4 Å². The van der Waals surface area contributed by atoms with Gasteiger partial charge in [-0.15, -0.1) is 0 Å². The Bertz CT molecular complexity index is 1410. The van der Waals surface area contributed by atoms with Gasteiger partial charge in [-0.3, -0.25) is 23.8 Å². The molecule has 0 spiro atoms. The molecule has 1 N–H and O–H groups in total. The highest BCUT2D eigenvalue weighted by Gasteiger charge is 2.15. The molecule has 162 valence electrons. The number of anilines is 1. The van der Waals surface area contributed by atoms with E-state index < -0.39 is 16.7 Å². The normalized spacial score (nSPS) is 11.2. The number of nitrogens with one attached hydrogen (secondary N) is 1. The summed E-state index contributed by atoms with van der Waals surface area (Å²) in [6.45, 7) is 1.67. The minimum atomic E-state index is -1.63. The van der Waals surface area contributed by atoms with Crippen LogP contribution in [0.2, 0.25) is 0 Å². The fraction of sp³-hybridized carbons (Fsp3) is 0.143. The number of hydrogen-bond acceptors (Lipinski definition) is 7. The van der Waals surface area contributed by atoms with Gasteiger partial charge in [-0.1, -0.05) is 0 Å². The number of aromatic nitrogens is 6. The van der Waals surface area contributed by atoms with E-state index in [1.54, 1.807) is 50.6 Å². The molecule has 0 fully saturated rings. The lowest BCUT2D eigenvalue weighted by atomic mass is 9.49. The maximum atomic E-state index is 12.4. The van der Waals surface area contributed by atoms with E-state index in [0.717, 1.165) is 0 Å². The van der Waals surface area contributed by atoms with E-state index in [1.165, 1.54) is 27.8 Å². The first-order valence-electron chi connectivity index (χ1n) is 9.98. The van der Waals surface area contributed by atoms with Crippen molar-refractivity contribution in [3.63, 3.8) is 0 Å². The summed E-state index contributed by atoms with van der Waals surface area (Å²) < 4.78 is 8.34. The third kappa shape index (κ3) is 4.93. The van der Waals surface area contributed by atoms with Gasteiger partial charge in [0.25, 0.3) is 11.5 Å². The summed E-state index contributed by atoms with van der Waals surface area (Å²) in [5.74, 6) is 1.05. The molecule has 34 heavy (non-hydrogen) atoms. The van der Waals surface area contributed by atoms with Crippen LogP contribution in [-0.4, -0.2) is 58.7 Å². The molecule has 0 aliphatic rings. The Morgan fingerprint density at radius 3 is 2.53 bits per heavy atom. The predicted octanol–water partition coefficient (Wildman–Crippen LogP) is 0.860. The van der Waals surface area contributed by atoms with E-state index >= 15 is 0 Å². The van der Waals surface area contributed by atoms with Crippen LogP contribution in [0.5, 0.6) is 11.5 Å². The number of carbonyl (C=O) groups excluding carboxylic acids is 1. The largest absolute Gasteiger partial charge is 0.456 e. The van der Waals surface area contributed by atoms with Gasteiger partial charge in [0.1, 0.15) is 28.7 Å². The van der Waals surface area contributed by atoms with Crippen LogP contribution < -0.4 is 15.6 Å². The summed E-state index contributed by atoms with van der Waals surface area (Å²) in [5.41, 5.74) is 0.681. The molecule has 0 saturated carbocycles. The molecule has 0 aliphatic carbocycles. The van der Waals surface area contributed by atoms with E-state index in [0.29, 0.717) is 28.6 Å². The zero-order valence-electron chi connectivity index (χ0n) is 18.3. The first kappa shape index (κ1) is 23.0. The van der Waals surface area contributed by atoms with Crippen LogP contribution in [0.15, 0.2) is 60.0 Å². The molecule has 0 aromatic carbocycles. The Balaban J connectivity index is 1.46. The SMILES string of the molecule is [B]C([B])([B])n1cc(-c2cc(Oc3ccc(NC(=O)c4cnc(C)n(C)c4=O)nc3)ccn2)cn1. The first-order valence-corrected chi connectivity index (χ1v) is 9.98. The number of pyridine rings is 2. The Labute approximate surface area is 198 Å². The fourth-order valence-electron chi connectivity index (χ4n) is 2.92. The second-order valence-corrected chi connectivity index (χ2v) is 7.46. The number of ether oxygens (including phenoxy) is 1. The Morgan fingerprint density at radius 1 is 1.06 bits per heavy atom. The van der Waals surface area contributed by atoms with Crippen LogP contribution >= 0.6 is 0 Å². The van der Waals surface area contributed by atoms with Crippen molar-refractivity contribution in [2.75, 3.05) is 5.32 Å². The third-order valence-corrected chi connectivity index (χ3v) is 4.87. The molecule has 13 heteroatoms. The lowest BCUT2D eigenvalue weighted by Gasteiger charge is -2.20. The van der Waals surface area contributed by atoms with Crippen molar-refractivity contribution in [2.24, 2.45) is 7.05 Å². The van der Waals surface area contributed by atoms with Crippen LogP contribution in [0.4, 0.5) is 5.82 Å². The molecular formula is C21H16B3N7O3. The zero-order chi connectivity index (χ0) is 24.5. The predicted molar refractivity (Wildman–Crippen MR) is 127 cm³/mol. The van der Waals surface area contributed by atoms with E-state index in [-0.39, 0.29) is 11.4 Å². The van der Waals surface area contributed by atoms with Gasteiger partial charge in [0.2, 0.25) is 0 Å². The van der Waals surface area contributed by atoms with Crippen molar-refractivity contribution < 1.29 is 9.53 Å². The first-order chi connectivity index (χ1) is 16.1. The van der Waals surface area contributed by atoms with E-state index in [4.69, 9.17) is 28.3 Å². The van der Waals surface area contributed by atoms with Crippen molar-refractivity contribution in [2.45, 2.75) is 12.2 Å². The summed E-state index contributed by atoms with van der Waals surface area (Å²) in [5, 5.41) is 4.98. The van der Waals surface area contributed by atoms with Crippen molar-refractivity contribution in [3.05, 3.63) is 77.0 Å². The van der Waals surface area contributed by atoms with Crippen molar-refractivity contribution in [3.8, 4) is 22.8 Å². The summed E-state index contributed by atoms with van der Waals surface area (Å²) in [6.07, 6.45) is 7.35. The third-order valence-electron chi connectivity index (χ3n) is 4.87. The zero-order valence-corrected chi connectivity index (χ0v) is 18.3. The average Bonchev–Trinajstić information content (AvgIpc) is 3.30. The maximum absolute atomic E-state index is 12.4. The van der Waals surface area contributed by atoms with Crippen LogP contribution in [0.3, 0.4) is 0 Å². The second kappa shape index (κ2) is 9.01. The van der Waals surface area contributed by atoms with Gasteiger partial charge < -0.3 is 10.1 Å². The number of amides is 1. The minimum Gasteiger partial charge on any atom is -0.456 e. The van der Waals surface area contributed by atoms with Crippen LogP contribution in [0.1, 0.15) is 16.2 Å². The second-order valence-electron chi connectivity index (χ2n) is 7.46. The van der Waals surface area contributed by atoms with Crippen molar-refractivity contribution in [1.29, 1.82) is 0 Å². The minimum absolute atomic E-state index is 0.0842. The molecule has 0 unspecified atom stereocenters. The molecule has 10 nitrogen and oxygen atoms in total. The van der Waals surface area contributed by atoms with Gasteiger partial charge in [-0.2, -0.15) is 5.10 Å². The van der Waals surface area contributed by atoms with Gasteiger partial charge in [0, 0.05) is 37.3 Å². The topological polar surface area (TPSA) is 117 Å². The van der Waals surface area contributed by atoms with Gasteiger partial charge in [-0.25, -0.2) is 9.97 Å². The van der Waals surface area contributed by atoms with Crippen LogP contribution in [0.25, 0.3) is 11.3 Å². The van der Waals surface area contributed by atoms with Gasteiger partial charge >= 0.3 is 0 Å². The molecule has 4 aromatic rings. The van der Waals surface area contributed by atoms with Gasteiger partial charge in [-0.05, 0) is 30.4 Å². The lowest BCUT2D eigenvalue weighted by Crippen LogP contribution is -2.35. The molecule has 1 amide bonds. The summed E-state index contributed by atoms with van der Waals surface area (Å²) in [7, 11) is 18.4. The van der Waals surface area contributed by atoms with Gasteiger partial charge in [0.05, 0.1) is 41.6 Å². The van der Waals surface area contributed by atoms with Crippen LogP contribution in [-0.2, 0) is 12.3 Å². The number of aryl methyl sites for hydroxylation is 1. The molecule has 4 heterocycles. The number of carbonyl (C=O) groups is 1. The number of rotatable bonds is 6. The smallest absolute Gasteiger partial charge is 0.266 e. The number of nitrogens with zero attached hydrogens (tertiary/aromatic N) is 6. The summed E-state index contributed by atoms with van der Waals surface area (Å²) >= 11 is 0. The summed E-state index contributed by atoms with van der Waals surface area (Å²) in [6, 6.07) is 6.54. The van der Waals surface area contributed by atoms with E-state index in [1.807, 2.05) is 0 Å². The molecule has 0 bridgehead atoms. The monoisotopic (exact) mass is 447 g/mol. The molecule has 0 saturated heterocycles. The maximum Gasteiger partial charge on any atom is 0.266 e. The Kier molecular flexibility index (Phi) is 6.10. The molecular weight excluding hydrogens is 431 g/mol. The Morgan fingerprint density at radius 2 is 1.85 bits per heavy atom. The van der Waals surface area contributed by atoms with Crippen LogP contribution in [0, 0.1) is 6.92 Å². The highest BCUT2D eigenvalue weighted by molar-refractivity contribution is 6.56. The fourth-order valence-corrected chi connectivity index (χ4v) is 2.92. The molecule has 0 aliphatic heterocycles. The highest BCUT2D eigenvalue weighted by atomic mass is 16.5. The molecule has 4 rings (SSSR count). The average molecular weight is 447 g/mol. The van der Waals surface area contributed by atoms with Gasteiger partial charge in [0.15, 0.2) is 0 Å². The quantitative estimate of drug-likeness (QED) is 0.436. The molecule has 0 atom stereocenters. The molecule has 6 radical (unpaired) electrons. The lowest BCUT2D eigenvalue weighted by molar-refractivity contribution is 0.102. The summed E-state index contributed by atoms with van der Waals surface area (Å²) in [4.78, 5) is 37.2. The standard InChI is InChI=1S/C21H16B3N7O3/c1-12-26-10-16(20(33)30(12)2)19(32)29-18-4-3-15(9-27-18)34-14-5-6-25-17(7-14)13-8-28-31(11-13)21(22,23)24/h3-11H,1-2H3,(H,27,29,32). The Hall–Kier alpha value is -4.15. The van der Waals surface area contributed by atoms with E-state index in [9.17, 15) is 9.59 Å². The van der Waals surface area contributed by atoms with Crippen molar-refractivity contribution >= 4 is 35.3 Å². The molecule has 4 aromatic heterocycles. The highest BCUT2D eigenvalue weighted by Crippen LogP contribution is 2.26. The van der Waals surface area contributed by atoms with Crippen molar-refractivity contribution in [1.82, 2.24) is 29.3 Å².